The zero-order valence-corrected chi connectivity index (χ0v) is 13.3. The predicted octanol–water partition coefficient (Wildman–Crippen LogP) is 2.77. The lowest BCUT2D eigenvalue weighted by molar-refractivity contribution is 0.0374. The van der Waals surface area contributed by atoms with Crippen molar-refractivity contribution in [1.82, 2.24) is 0 Å². The van der Waals surface area contributed by atoms with E-state index in [1.165, 1.54) is 0 Å². The van der Waals surface area contributed by atoms with Crippen molar-refractivity contribution in [3.8, 4) is 0 Å². The van der Waals surface area contributed by atoms with E-state index in [9.17, 15) is 14.7 Å². The Bertz CT molecular complexity index is 696. The number of hydrogen-bond donors (Lipinski definition) is 1. The fraction of sp³-hybridized carbons (Fsp3) is 0.300. The molecule has 1 aliphatic heterocycles. The fourth-order valence-electron chi connectivity index (χ4n) is 3.27. The third-order valence-electron chi connectivity index (χ3n) is 4.52. The van der Waals surface area contributed by atoms with Gasteiger partial charge in [-0.2, -0.15) is 0 Å². The number of Topliss-reactive ketones (excluding diaryl/α,β-unsaturated/α-hetero) is 2. The van der Waals surface area contributed by atoms with Crippen LogP contribution in [0.25, 0.3) is 0 Å². The van der Waals surface area contributed by atoms with E-state index in [0.29, 0.717) is 17.7 Å². The molecule has 0 spiro atoms. The monoisotopic (exact) mass is 324 g/mol. The molecule has 3 rings (SSSR count). The van der Waals surface area contributed by atoms with Crippen LogP contribution in [0.2, 0.25) is 0 Å². The van der Waals surface area contributed by atoms with Crippen LogP contribution in [0.1, 0.15) is 27.1 Å². The average molecular weight is 324 g/mol. The molecule has 0 amide bonds. The van der Waals surface area contributed by atoms with Gasteiger partial charge in [0.15, 0.2) is 11.6 Å². The van der Waals surface area contributed by atoms with E-state index in [-0.39, 0.29) is 30.5 Å². The molecule has 1 saturated heterocycles. The zero-order valence-electron chi connectivity index (χ0n) is 13.3. The number of ketones is 2. The van der Waals surface area contributed by atoms with Crippen molar-refractivity contribution in [1.29, 1.82) is 0 Å². The molecule has 0 unspecified atom stereocenters. The van der Waals surface area contributed by atoms with Gasteiger partial charge in [-0.05, 0) is 0 Å². The topological polar surface area (TPSA) is 63.6 Å². The Balaban J connectivity index is 1.79. The summed E-state index contributed by atoms with van der Waals surface area (Å²) < 4.78 is 5.58. The standard InChI is InChI=1S/C20H20O4/c21-12-18-19(20(23)15-9-5-2-6-10-15)16(13-24-18)11-17(22)14-7-3-1-4-8-14/h1-10,16,18-19,21H,11-13H2/t16-,18+,19+/m1/s1. The highest BCUT2D eigenvalue weighted by atomic mass is 16.5. The summed E-state index contributed by atoms with van der Waals surface area (Å²) in [5, 5.41) is 9.54. The van der Waals surface area contributed by atoms with Crippen molar-refractivity contribution >= 4 is 11.6 Å². The summed E-state index contributed by atoms with van der Waals surface area (Å²) in [6.45, 7) is 0.0896. The molecule has 1 heterocycles. The van der Waals surface area contributed by atoms with E-state index < -0.39 is 12.0 Å². The number of aliphatic hydroxyl groups excluding tert-OH is 1. The van der Waals surface area contributed by atoms with E-state index in [1.54, 1.807) is 36.4 Å². The summed E-state index contributed by atoms with van der Waals surface area (Å²) in [5.41, 5.74) is 1.22. The Kier molecular flexibility index (Phi) is 5.18. The Morgan fingerprint density at radius 1 is 0.958 bits per heavy atom. The van der Waals surface area contributed by atoms with E-state index in [1.807, 2.05) is 24.3 Å². The maximum absolute atomic E-state index is 12.8. The number of hydrogen-bond acceptors (Lipinski definition) is 4. The molecular formula is C20H20O4. The Labute approximate surface area is 141 Å². The van der Waals surface area contributed by atoms with Gasteiger partial charge in [0.2, 0.25) is 0 Å². The van der Waals surface area contributed by atoms with Crippen LogP contribution >= 0.6 is 0 Å². The second kappa shape index (κ2) is 7.51. The van der Waals surface area contributed by atoms with Crippen molar-refractivity contribution in [3.63, 3.8) is 0 Å². The molecule has 0 aromatic heterocycles. The summed E-state index contributed by atoms with van der Waals surface area (Å²) in [5.74, 6) is -0.792. The molecule has 4 heteroatoms. The number of benzene rings is 2. The Morgan fingerprint density at radius 2 is 1.54 bits per heavy atom. The zero-order chi connectivity index (χ0) is 16.9. The highest BCUT2D eigenvalue weighted by Crippen LogP contribution is 2.33. The molecule has 2 aromatic rings. The highest BCUT2D eigenvalue weighted by Gasteiger charge is 2.42. The number of carbonyl (C=O) groups excluding carboxylic acids is 2. The van der Waals surface area contributed by atoms with E-state index in [0.717, 1.165) is 0 Å². The first-order chi connectivity index (χ1) is 11.7. The average Bonchev–Trinajstić information content (AvgIpc) is 3.05. The van der Waals surface area contributed by atoms with Crippen molar-refractivity contribution in [2.45, 2.75) is 12.5 Å². The Morgan fingerprint density at radius 3 is 2.12 bits per heavy atom. The molecule has 0 saturated carbocycles. The van der Waals surface area contributed by atoms with Crippen molar-refractivity contribution < 1.29 is 19.4 Å². The molecular weight excluding hydrogens is 304 g/mol. The van der Waals surface area contributed by atoms with Crippen molar-refractivity contribution in [2.75, 3.05) is 13.2 Å². The minimum Gasteiger partial charge on any atom is -0.394 e. The van der Waals surface area contributed by atoms with Gasteiger partial charge in [-0.25, -0.2) is 0 Å². The number of ether oxygens (including phenoxy) is 1. The van der Waals surface area contributed by atoms with Crippen LogP contribution < -0.4 is 0 Å². The van der Waals surface area contributed by atoms with Gasteiger partial charge in [-0.15, -0.1) is 0 Å². The van der Waals surface area contributed by atoms with Gasteiger partial charge in [0.25, 0.3) is 0 Å². The first-order valence-electron chi connectivity index (χ1n) is 8.10. The molecule has 1 N–H and O–H groups in total. The lowest BCUT2D eigenvalue weighted by Crippen LogP contribution is -2.32. The van der Waals surface area contributed by atoms with Crippen LogP contribution in [-0.2, 0) is 4.74 Å². The van der Waals surface area contributed by atoms with Gasteiger partial charge in [-0.1, -0.05) is 60.7 Å². The lowest BCUT2D eigenvalue weighted by atomic mass is 9.81. The first kappa shape index (κ1) is 16.6. The van der Waals surface area contributed by atoms with Gasteiger partial charge in [0, 0.05) is 23.5 Å². The molecule has 3 atom stereocenters. The van der Waals surface area contributed by atoms with Crippen molar-refractivity contribution in [2.24, 2.45) is 11.8 Å². The molecule has 0 aliphatic carbocycles. The third-order valence-corrected chi connectivity index (χ3v) is 4.52. The van der Waals surface area contributed by atoms with Crippen molar-refractivity contribution in [3.05, 3.63) is 71.8 Å². The first-order valence-corrected chi connectivity index (χ1v) is 8.10. The molecule has 4 nitrogen and oxygen atoms in total. The second-order valence-corrected chi connectivity index (χ2v) is 6.06. The molecule has 1 fully saturated rings. The fourth-order valence-corrected chi connectivity index (χ4v) is 3.27. The van der Waals surface area contributed by atoms with Gasteiger partial charge in [0.1, 0.15) is 0 Å². The number of aliphatic hydroxyl groups is 1. The summed E-state index contributed by atoms with van der Waals surface area (Å²) >= 11 is 0. The van der Waals surface area contributed by atoms with Gasteiger partial charge in [-0.3, -0.25) is 9.59 Å². The molecule has 124 valence electrons. The van der Waals surface area contributed by atoms with E-state index in [4.69, 9.17) is 4.74 Å². The maximum atomic E-state index is 12.8. The normalized spacial score (nSPS) is 23.1. The quantitative estimate of drug-likeness (QED) is 0.830. The number of carbonyl (C=O) groups is 2. The number of rotatable bonds is 6. The SMILES string of the molecule is O=C(C[C@@H]1CO[C@@H](CO)[C@H]1C(=O)c1ccccc1)c1ccccc1. The molecule has 0 radical (unpaired) electrons. The molecule has 24 heavy (non-hydrogen) atoms. The van der Waals surface area contributed by atoms with Gasteiger partial charge >= 0.3 is 0 Å². The molecule has 0 bridgehead atoms. The highest BCUT2D eigenvalue weighted by molar-refractivity contribution is 6.00. The maximum Gasteiger partial charge on any atom is 0.169 e. The minimum absolute atomic E-state index is 0.00588. The van der Waals surface area contributed by atoms with E-state index in [2.05, 4.69) is 0 Å². The smallest absolute Gasteiger partial charge is 0.169 e. The van der Waals surface area contributed by atoms with Crippen LogP contribution in [0.3, 0.4) is 0 Å². The van der Waals surface area contributed by atoms with Gasteiger partial charge in [0.05, 0.1) is 25.2 Å². The summed E-state index contributed by atoms with van der Waals surface area (Å²) in [7, 11) is 0. The van der Waals surface area contributed by atoms with Crippen LogP contribution in [-0.4, -0.2) is 36.0 Å². The largest absolute Gasteiger partial charge is 0.394 e. The van der Waals surface area contributed by atoms with Crippen LogP contribution in [0.5, 0.6) is 0 Å². The summed E-state index contributed by atoms with van der Waals surface area (Å²) in [6, 6.07) is 18.0. The summed E-state index contributed by atoms with van der Waals surface area (Å²) in [6.07, 6.45) is -0.310. The van der Waals surface area contributed by atoms with Gasteiger partial charge < -0.3 is 9.84 Å². The van der Waals surface area contributed by atoms with E-state index >= 15 is 0 Å². The minimum atomic E-state index is -0.550. The van der Waals surface area contributed by atoms with Crippen LogP contribution in [0.4, 0.5) is 0 Å². The van der Waals surface area contributed by atoms with Crippen LogP contribution in [0.15, 0.2) is 60.7 Å². The third kappa shape index (κ3) is 3.45. The molecule has 2 aromatic carbocycles. The molecule has 1 aliphatic rings. The second-order valence-electron chi connectivity index (χ2n) is 6.06. The predicted molar refractivity (Wildman–Crippen MR) is 90.0 cm³/mol. The van der Waals surface area contributed by atoms with Crippen LogP contribution in [0, 0.1) is 11.8 Å². The lowest BCUT2D eigenvalue weighted by Gasteiger charge is -2.20. The summed E-state index contributed by atoms with van der Waals surface area (Å²) in [4.78, 5) is 25.3. The Hall–Kier alpha value is -2.30.